The average molecular weight is 257 g/mol. The second-order valence-electron chi connectivity index (χ2n) is 3.43. The Balaban J connectivity index is 2.23. The molecule has 5 nitrogen and oxygen atoms in total. The Labute approximate surface area is 93.3 Å². The SMILES string of the molecule is O=C(OCOS(=O)(=O)Cl)C1CCCCC1. The molecule has 0 bridgehead atoms. The molecule has 88 valence electrons. The molecule has 0 saturated heterocycles. The van der Waals surface area contributed by atoms with E-state index in [-0.39, 0.29) is 5.92 Å². The lowest BCUT2D eigenvalue weighted by atomic mass is 9.89. The summed E-state index contributed by atoms with van der Waals surface area (Å²) >= 11 is 0. The van der Waals surface area contributed by atoms with Crippen LogP contribution in [-0.2, 0) is 23.0 Å². The van der Waals surface area contributed by atoms with E-state index in [1.54, 1.807) is 0 Å². The van der Waals surface area contributed by atoms with Crippen LogP contribution in [-0.4, -0.2) is 21.2 Å². The summed E-state index contributed by atoms with van der Waals surface area (Å²) in [5.41, 5.74) is 0. The first kappa shape index (κ1) is 12.7. The fourth-order valence-corrected chi connectivity index (χ4v) is 1.87. The van der Waals surface area contributed by atoms with Gasteiger partial charge in [0.25, 0.3) is 0 Å². The van der Waals surface area contributed by atoms with Crippen molar-refractivity contribution < 1.29 is 22.1 Å². The molecule has 0 radical (unpaired) electrons. The molecule has 1 rings (SSSR count). The van der Waals surface area contributed by atoms with Gasteiger partial charge in [-0.1, -0.05) is 19.3 Å². The summed E-state index contributed by atoms with van der Waals surface area (Å²) in [6.07, 6.45) is 4.75. The lowest BCUT2D eigenvalue weighted by Crippen LogP contribution is -2.21. The van der Waals surface area contributed by atoms with E-state index in [9.17, 15) is 13.2 Å². The Morgan fingerprint density at radius 3 is 2.40 bits per heavy atom. The molecule has 7 heteroatoms. The van der Waals surface area contributed by atoms with Gasteiger partial charge in [0.05, 0.1) is 5.92 Å². The fraction of sp³-hybridized carbons (Fsp3) is 0.875. The molecule has 0 aromatic heterocycles. The van der Waals surface area contributed by atoms with Crippen LogP contribution in [0, 0.1) is 5.92 Å². The first-order chi connectivity index (χ1) is 6.99. The lowest BCUT2D eigenvalue weighted by molar-refractivity contribution is -0.155. The second kappa shape index (κ2) is 5.67. The zero-order valence-corrected chi connectivity index (χ0v) is 9.72. The van der Waals surface area contributed by atoms with E-state index in [4.69, 9.17) is 10.7 Å². The predicted octanol–water partition coefficient (Wildman–Crippen LogP) is 1.57. The number of halogens is 1. The van der Waals surface area contributed by atoms with Crippen molar-refractivity contribution in [1.29, 1.82) is 0 Å². The van der Waals surface area contributed by atoms with Crippen LogP contribution in [0.15, 0.2) is 0 Å². The number of ether oxygens (including phenoxy) is 1. The van der Waals surface area contributed by atoms with Crippen molar-refractivity contribution in [3.05, 3.63) is 0 Å². The molecule has 1 aliphatic rings. The van der Waals surface area contributed by atoms with Gasteiger partial charge in [-0.05, 0) is 12.8 Å². The summed E-state index contributed by atoms with van der Waals surface area (Å²) in [5, 5.41) is 0. The summed E-state index contributed by atoms with van der Waals surface area (Å²) in [5.74, 6) is -0.532. The van der Waals surface area contributed by atoms with Crippen LogP contribution in [0.25, 0.3) is 0 Å². The van der Waals surface area contributed by atoms with Crippen LogP contribution < -0.4 is 0 Å². The topological polar surface area (TPSA) is 69.7 Å². The highest BCUT2D eigenvalue weighted by molar-refractivity contribution is 8.09. The number of rotatable bonds is 4. The highest BCUT2D eigenvalue weighted by Crippen LogP contribution is 2.24. The van der Waals surface area contributed by atoms with Crippen molar-refractivity contribution in [2.45, 2.75) is 32.1 Å². The van der Waals surface area contributed by atoms with Crippen LogP contribution in [0.4, 0.5) is 0 Å². The molecule has 1 saturated carbocycles. The van der Waals surface area contributed by atoms with Gasteiger partial charge in [-0.3, -0.25) is 4.79 Å². The molecule has 0 amide bonds. The smallest absolute Gasteiger partial charge is 0.358 e. The molecular formula is C8H13ClO5S. The molecule has 0 heterocycles. The van der Waals surface area contributed by atoms with E-state index >= 15 is 0 Å². The van der Waals surface area contributed by atoms with E-state index in [2.05, 4.69) is 8.92 Å². The van der Waals surface area contributed by atoms with Crippen molar-refractivity contribution in [1.82, 2.24) is 0 Å². The second-order valence-corrected chi connectivity index (χ2v) is 5.58. The van der Waals surface area contributed by atoms with Crippen LogP contribution in [0.1, 0.15) is 32.1 Å². The molecule has 0 aromatic rings. The van der Waals surface area contributed by atoms with E-state index in [1.807, 2.05) is 0 Å². The van der Waals surface area contributed by atoms with Crippen molar-refractivity contribution in [2.75, 3.05) is 6.79 Å². The number of esters is 1. The molecule has 0 aromatic carbocycles. The Morgan fingerprint density at radius 1 is 1.27 bits per heavy atom. The minimum absolute atomic E-state index is 0.125. The van der Waals surface area contributed by atoms with Crippen molar-refractivity contribution in [3.8, 4) is 0 Å². The van der Waals surface area contributed by atoms with Gasteiger partial charge in [0.2, 0.25) is 6.79 Å². The first-order valence-electron chi connectivity index (χ1n) is 4.75. The molecule has 1 fully saturated rings. The van der Waals surface area contributed by atoms with Gasteiger partial charge in [-0.15, -0.1) is 0 Å². The molecule has 15 heavy (non-hydrogen) atoms. The van der Waals surface area contributed by atoms with Gasteiger partial charge >= 0.3 is 15.3 Å². The minimum atomic E-state index is -4.06. The number of hydrogen-bond acceptors (Lipinski definition) is 5. The summed E-state index contributed by atoms with van der Waals surface area (Å²) in [7, 11) is 0.706. The summed E-state index contributed by atoms with van der Waals surface area (Å²) < 4.78 is 29.4. The Hall–Kier alpha value is -0.330. The van der Waals surface area contributed by atoms with E-state index in [1.165, 1.54) is 0 Å². The lowest BCUT2D eigenvalue weighted by Gasteiger charge is -2.19. The molecule has 0 spiro atoms. The number of carbonyl (C=O) groups excluding carboxylic acids is 1. The predicted molar refractivity (Wildman–Crippen MR) is 53.4 cm³/mol. The zero-order valence-electron chi connectivity index (χ0n) is 8.15. The number of carbonyl (C=O) groups is 1. The van der Waals surface area contributed by atoms with Crippen molar-refractivity contribution in [3.63, 3.8) is 0 Å². The van der Waals surface area contributed by atoms with E-state index in [0.717, 1.165) is 32.1 Å². The van der Waals surface area contributed by atoms with E-state index in [0.29, 0.717) is 0 Å². The fourth-order valence-electron chi connectivity index (χ4n) is 1.60. The van der Waals surface area contributed by atoms with Gasteiger partial charge in [0.15, 0.2) is 0 Å². The Morgan fingerprint density at radius 2 is 1.87 bits per heavy atom. The zero-order chi connectivity index (χ0) is 11.3. The summed E-state index contributed by atoms with van der Waals surface area (Å²) in [6.45, 7) is -0.638. The van der Waals surface area contributed by atoms with E-state index < -0.39 is 22.1 Å². The standard InChI is InChI=1S/C8H13ClO5S/c9-15(11,12)14-6-13-8(10)7-4-2-1-3-5-7/h7H,1-6H2. The Kier molecular flexibility index (Phi) is 4.82. The number of hydrogen-bond donors (Lipinski definition) is 0. The van der Waals surface area contributed by atoms with Crippen molar-refractivity contribution in [2.24, 2.45) is 5.92 Å². The first-order valence-corrected chi connectivity index (χ1v) is 6.98. The monoisotopic (exact) mass is 256 g/mol. The minimum Gasteiger partial charge on any atom is -0.437 e. The molecule has 0 unspecified atom stereocenters. The highest BCUT2D eigenvalue weighted by atomic mass is 35.7. The summed E-state index contributed by atoms with van der Waals surface area (Å²) in [4.78, 5) is 11.3. The molecule has 0 atom stereocenters. The van der Waals surface area contributed by atoms with Gasteiger partial charge in [-0.2, -0.15) is 8.42 Å². The quantitative estimate of drug-likeness (QED) is 0.434. The third-order valence-electron chi connectivity index (χ3n) is 2.33. The Bertz CT molecular complexity index is 307. The third kappa shape index (κ3) is 5.34. The molecular weight excluding hydrogens is 244 g/mol. The molecule has 0 N–H and O–H groups in total. The van der Waals surface area contributed by atoms with Crippen LogP contribution >= 0.6 is 10.7 Å². The normalized spacial score (nSPS) is 18.7. The van der Waals surface area contributed by atoms with Gasteiger partial charge in [-0.25, -0.2) is 4.18 Å². The average Bonchev–Trinajstić information content (AvgIpc) is 2.17. The summed E-state index contributed by atoms with van der Waals surface area (Å²) in [6, 6.07) is 0. The maximum Gasteiger partial charge on any atom is 0.358 e. The maximum atomic E-state index is 11.3. The van der Waals surface area contributed by atoms with Crippen molar-refractivity contribution >= 4 is 26.0 Å². The third-order valence-corrected chi connectivity index (χ3v) is 2.97. The largest absolute Gasteiger partial charge is 0.437 e. The van der Waals surface area contributed by atoms with Gasteiger partial charge < -0.3 is 4.74 Å². The van der Waals surface area contributed by atoms with Gasteiger partial charge in [0.1, 0.15) is 0 Å². The molecule has 0 aliphatic heterocycles. The van der Waals surface area contributed by atoms with Crippen LogP contribution in [0.5, 0.6) is 0 Å². The molecule has 1 aliphatic carbocycles. The highest BCUT2D eigenvalue weighted by Gasteiger charge is 2.22. The van der Waals surface area contributed by atoms with Gasteiger partial charge in [0, 0.05) is 10.7 Å². The van der Waals surface area contributed by atoms with Crippen LogP contribution in [0.3, 0.4) is 0 Å². The van der Waals surface area contributed by atoms with Crippen LogP contribution in [0.2, 0.25) is 0 Å². The maximum absolute atomic E-state index is 11.3.